The average Bonchev–Trinajstić information content (AvgIpc) is 2.88. The molecular formula is C10H11Cl2N. The van der Waals surface area contributed by atoms with Crippen LogP contribution in [-0.2, 0) is 0 Å². The van der Waals surface area contributed by atoms with E-state index in [-0.39, 0.29) is 0 Å². The van der Waals surface area contributed by atoms with Gasteiger partial charge in [-0.3, -0.25) is 0 Å². The van der Waals surface area contributed by atoms with Crippen LogP contribution < -0.4 is 5.73 Å². The Morgan fingerprint density at radius 2 is 2.08 bits per heavy atom. The van der Waals surface area contributed by atoms with Crippen LogP contribution in [0.25, 0.3) is 0 Å². The molecule has 0 radical (unpaired) electrons. The van der Waals surface area contributed by atoms with Crippen molar-refractivity contribution in [3.05, 3.63) is 33.8 Å². The molecule has 1 aromatic carbocycles. The Labute approximate surface area is 87.8 Å². The van der Waals surface area contributed by atoms with E-state index in [2.05, 4.69) is 0 Å². The molecule has 1 saturated carbocycles. The lowest BCUT2D eigenvalue weighted by molar-refractivity contribution is 0.810. The van der Waals surface area contributed by atoms with Crippen molar-refractivity contribution in [1.82, 2.24) is 0 Å². The van der Waals surface area contributed by atoms with Crippen LogP contribution in [-0.4, -0.2) is 6.54 Å². The van der Waals surface area contributed by atoms with Crippen LogP contribution >= 0.6 is 23.2 Å². The van der Waals surface area contributed by atoms with Gasteiger partial charge in [-0.15, -0.1) is 0 Å². The fraction of sp³-hybridized carbons (Fsp3) is 0.400. The summed E-state index contributed by atoms with van der Waals surface area (Å²) in [5, 5.41) is 1.26. The Bertz CT molecular complexity index is 325. The van der Waals surface area contributed by atoms with Gasteiger partial charge in [0.25, 0.3) is 0 Å². The van der Waals surface area contributed by atoms with Crippen LogP contribution in [0.5, 0.6) is 0 Å². The summed E-state index contributed by atoms with van der Waals surface area (Å²) in [5.74, 6) is 1.26. The summed E-state index contributed by atoms with van der Waals surface area (Å²) in [6, 6.07) is 5.84. The highest BCUT2D eigenvalue weighted by Gasteiger charge is 2.36. The molecule has 1 aliphatic rings. The molecule has 1 aromatic rings. The smallest absolute Gasteiger partial charge is 0.0595 e. The van der Waals surface area contributed by atoms with E-state index in [4.69, 9.17) is 28.9 Å². The normalized spacial score (nSPS) is 26.1. The minimum atomic E-state index is 0.611. The Balaban J connectivity index is 2.19. The van der Waals surface area contributed by atoms with Gasteiger partial charge in [-0.1, -0.05) is 29.3 Å². The molecule has 0 amide bonds. The number of halogens is 2. The summed E-state index contributed by atoms with van der Waals surface area (Å²) in [6.07, 6.45) is 1.19. The van der Waals surface area contributed by atoms with Gasteiger partial charge in [-0.2, -0.15) is 0 Å². The molecule has 1 fully saturated rings. The number of hydrogen-bond donors (Lipinski definition) is 1. The molecule has 0 bridgehead atoms. The lowest BCUT2D eigenvalue weighted by atomic mass is 10.1. The number of nitrogens with two attached hydrogens (primary N) is 1. The Hall–Kier alpha value is -0.240. The summed E-state index contributed by atoms with van der Waals surface area (Å²) in [6.45, 7) is 0.769. The van der Waals surface area contributed by atoms with E-state index in [0.717, 1.165) is 6.54 Å². The maximum atomic E-state index is 5.91. The zero-order valence-corrected chi connectivity index (χ0v) is 8.65. The van der Waals surface area contributed by atoms with Crippen molar-refractivity contribution >= 4 is 23.2 Å². The molecule has 70 valence electrons. The van der Waals surface area contributed by atoms with Crippen molar-refractivity contribution in [2.45, 2.75) is 12.3 Å². The quantitative estimate of drug-likeness (QED) is 0.807. The fourth-order valence-electron chi connectivity index (χ4n) is 1.66. The van der Waals surface area contributed by atoms with Gasteiger partial charge in [-0.25, -0.2) is 0 Å². The van der Waals surface area contributed by atoms with Crippen molar-refractivity contribution in [3.63, 3.8) is 0 Å². The van der Waals surface area contributed by atoms with E-state index in [1.807, 2.05) is 18.2 Å². The fourth-order valence-corrected chi connectivity index (χ4v) is 1.97. The maximum absolute atomic E-state index is 5.91. The van der Waals surface area contributed by atoms with E-state index in [0.29, 0.717) is 21.9 Å². The lowest BCUT2D eigenvalue weighted by Crippen LogP contribution is -2.01. The molecule has 0 aromatic heterocycles. The number of rotatable bonds is 2. The molecule has 0 unspecified atom stereocenters. The molecule has 0 spiro atoms. The Morgan fingerprint density at radius 3 is 2.62 bits per heavy atom. The second-order valence-corrected chi connectivity index (χ2v) is 4.33. The second kappa shape index (κ2) is 3.49. The van der Waals surface area contributed by atoms with Crippen molar-refractivity contribution < 1.29 is 0 Å². The van der Waals surface area contributed by atoms with Crippen LogP contribution in [0, 0.1) is 5.92 Å². The van der Waals surface area contributed by atoms with Gasteiger partial charge in [0.2, 0.25) is 0 Å². The van der Waals surface area contributed by atoms with Gasteiger partial charge in [0, 0.05) is 0 Å². The van der Waals surface area contributed by atoms with Crippen LogP contribution in [0.4, 0.5) is 0 Å². The van der Waals surface area contributed by atoms with Gasteiger partial charge >= 0.3 is 0 Å². The van der Waals surface area contributed by atoms with Gasteiger partial charge < -0.3 is 5.73 Å². The predicted molar refractivity (Wildman–Crippen MR) is 56.4 cm³/mol. The van der Waals surface area contributed by atoms with Crippen LogP contribution in [0.15, 0.2) is 18.2 Å². The Morgan fingerprint density at radius 1 is 1.31 bits per heavy atom. The summed E-state index contributed by atoms with van der Waals surface area (Å²) in [4.78, 5) is 0. The van der Waals surface area contributed by atoms with E-state index >= 15 is 0 Å². The first-order chi connectivity index (χ1) is 6.22. The minimum Gasteiger partial charge on any atom is -0.330 e. The van der Waals surface area contributed by atoms with Crippen molar-refractivity contribution in [1.29, 1.82) is 0 Å². The third-order valence-electron chi connectivity index (χ3n) is 2.60. The molecule has 0 heterocycles. The molecular weight excluding hydrogens is 205 g/mol. The molecule has 2 atom stereocenters. The van der Waals surface area contributed by atoms with E-state index in [1.54, 1.807) is 0 Å². The lowest BCUT2D eigenvalue weighted by Gasteiger charge is -2.01. The minimum absolute atomic E-state index is 0.611. The molecule has 13 heavy (non-hydrogen) atoms. The first kappa shape index (κ1) is 9.32. The molecule has 1 aliphatic carbocycles. The molecule has 2 rings (SSSR count). The van der Waals surface area contributed by atoms with Crippen LogP contribution in [0.1, 0.15) is 17.9 Å². The van der Waals surface area contributed by atoms with Gasteiger partial charge in [0.15, 0.2) is 0 Å². The highest BCUT2D eigenvalue weighted by molar-refractivity contribution is 6.42. The first-order valence-electron chi connectivity index (χ1n) is 4.37. The summed E-state index contributed by atoms with van der Waals surface area (Å²) in [5.41, 5.74) is 6.84. The molecule has 1 nitrogen and oxygen atoms in total. The third kappa shape index (κ3) is 1.83. The summed E-state index contributed by atoms with van der Waals surface area (Å²) >= 11 is 11.7. The predicted octanol–water partition coefficient (Wildman–Crippen LogP) is 3.06. The molecule has 2 N–H and O–H groups in total. The third-order valence-corrected chi connectivity index (χ3v) is 3.34. The van der Waals surface area contributed by atoms with Crippen LogP contribution in [0.2, 0.25) is 10.0 Å². The molecule has 0 saturated heterocycles. The number of hydrogen-bond acceptors (Lipinski definition) is 1. The van der Waals surface area contributed by atoms with Crippen molar-refractivity contribution in [2.75, 3.05) is 6.54 Å². The average molecular weight is 216 g/mol. The standard InChI is InChI=1S/C10H11Cl2N/c11-9-2-1-6(4-10(9)12)8-3-7(8)5-13/h1-2,4,7-8H,3,5,13H2/t7-,8-/m1/s1. The highest BCUT2D eigenvalue weighted by atomic mass is 35.5. The van der Waals surface area contributed by atoms with Gasteiger partial charge in [0.1, 0.15) is 0 Å². The van der Waals surface area contributed by atoms with Crippen LogP contribution in [0.3, 0.4) is 0 Å². The Kier molecular flexibility index (Phi) is 2.50. The molecule has 0 aliphatic heterocycles. The summed E-state index contributed by atoms with van der Waals surface area (Å²) in [7, 11) is 0. The number of benzene rings is 1. The zero-order chi connectivity index (χ0) is 9.42. The van der Waals surface area contributed by atoms with Gasteiger partial charge in [-0.05, 0) is 42.5 Å². The summed E-state index contributed by atoms with van der Waals surface area (Å²) < 4.78 is 0. The maximum Gasteiger partial charge on any atom is 0.0595 e. The second-order valence-electron chi connectivity index (χ2n) is 3.51. The van der Waals surface area contributed by atoms with Crippen molar-refractivity contribution in [2.24, 2.45) is 11.7 Å². The topological polar surface area (TPSA) is 26.0 Å². The largest absolute Gasteiger partial charge is 0.330 e. The monoisotopic (exact) mass is 215 g/mol. The zero-order valence-electron chi connectivity index (χ0n) is 7.13. The molecule has 3 heteroatoms. The van der Waals surface area contributed by atoms with E-state index in [9.17, 15) is 0 Å². The highest BCUT2D eigenvalue weighted by Crippen LogP contribution is 2.47. The van der Waals surface area contributed by atoms with E-state index < -0.39 is 0 Å². The first-order valence-corrected chi connectivity index (χ1v) is 5.13. The van der Waals surface area contributed by atoms with E-state index in [1.165, 1.54) is 12.0 Å². The van der Waals surface area contributed by atoms with Gasteiger partial charge in [0.05, 0.1) is 10.0 Å². The van der Waals surface area contributed by atoms with Crippen molar-refractivity contribution in [3.8, 4) is 0 Å². The SMILES string of the molecule is NC[C@H]1C[C@@H]1c1ccc(Cl)c(Cl)c1.